The van der Waals surface area contributed by atoms with E-state index >= 15 is 0 Å². The van der Waals surface area contributed by atoms with Gasteiger partial charge in [-0.05, 0) is 18.1 Å². The lowest BCUT2D eigenvalue weighted by molar-refractivity contribution is -0.141. The van der Waals surface area contributed by atoms with Gasteiger partial charge in [-0.1, -0.05) is 49.7 Å². The number of alkyl halides is 1. The molecule has 0 fully saturated rings. The number of carboxylic acid groups (broad SMARTS) is 1. The maximum atomic E-state index is 12.8. The van der Waals surface area contributed by atoms with Gasteiger partial charge in [0.15, 0.2) is 11.9 Å². The van der Waals surface area contributed by atoms with Crippen LogP contribution >= 0.6 is 11.6 Å². The molecule has 2 aromatic carbocycles. The summed E-state index contributed by atoms with van der Waals surface area (Å²) in [7, 11) is 0. The van der Waals surface area contributed by atoms with Gasteiger partial charge in [0, 0.05) is 16.3 Å². The molecule has 9 nitrogen and oxygen atoms in total. The topological polar surface area (TPSA) is 138 Å². The number of carbonyl (C=O) groups excluding carboxylic acids is 3. The Morgan fingerprint density at radius 2 is 1.82 bits per heavy atom. The fourth-order valence-corrected chi connectivity index (χ4v) is 3.73. The van der Waals surface area contributed by atoms with Gasteiger partial charge in [-0.2, -0.15) is 0 Å². The smallest absolute Gasteiger partial charge is 0.412 e. The summed E-state index contributed by atoms with van der Waals surface area (Å²) in [5.41, 5.74) is 1.64. The molecule has 0 aliphatic carbocycles. The van der Waals surface area contributed by atoms with Crippen LogP contribution in [0.2, 0.25) is 5.02 Å². The number of para-hydroxylation sites is 1. The van der Waals surface area contributed by atoms with Crippen molar-refractivity contribution < 1.29 is 33.4 Å². The molecule has 1 aromatic heterocycles. The number of aliphatic carboxylic acids is 1. The van der Waals surface area contributed by atoms with Crippen LogP contribution in [0.1, 0.15) is 20.3 Å². The Labute approximate surface area is 198 Å². The van der Waals surface area contributed by atoms with E-state index in [9.17, 15) is 23.6 Å². The van der Waals surface area contributed by atoms with Gasteiger partial charge < -0.3 is 20.1 Å². The molecule has 0 saturated heterocycles. The van der Waals surface area contributed by atoms with E-state index in [-0.39, 0.29) is 10.7 Å². The third-order valence-corrected chi connectivity index (χ3v) is 5.49. The highest BCUT2D eigenvalue weighted by Gasteiger charge is 2.31. The lowest BCUT2D eigenvalue weighted by Gasteiger charge is -2.23. The number of amides is 2. The molecular weight excluding hydrogens is 469 g/mol. The first-order chi connectivity index (χ1) is 16.1. The van der Waals surface area contributed by atoms with E-state index in [1.807, 2.05) is 30.3 Å². The summed E-state index contributed by atoms with van der Waals surface area (Å²) in [6.07, 6.45) is -3.18. The summed E-state index contributed by atoms with van der Waals surface area (Å²) in [5, 5.41) is 15.6. The maximum Gasteiger partial charge on any atom is 0.412 e. The molecule has 34 heavy (non-hydrogen) atoms. The minimum absolute atomic E-state index is 0.233. The molecule has 0 spiro atoms. The van der Waals surface area contributed by atoms with Gasteiger partial charge in [-0.3, -0.25) is 19.7 Å². The average molecular weight is 492 g/mol. The molecule has 0 aliphatic heterocycles. The van der Waals surface area contributed by atoms with E-state index in [0.717, 1.165) is 16.3 Å². The Hall–Kier alpha value is -3.66. The highest BCUT2D eigenvalue weighted by molar-refractivity contribution is 6.36. The van der Waals surface area contributed by atoms with Crippen LogP contribution < -0.4 is 10.6 Å². The zero-order chi connectivity index (χ0) is 25.0. The SMILES string of the molecule is CC(C)[C@H](OC(=O)Nc1c(Cl)ccc2c1[nH]c1ccccc12)C(=O)N[C@@H](CC(=O)O)C(=O)CF. The van der Waals surface area contributed by atoms with Crippen LogP contribution in [0.15, 0.2) is 36.4 Å². The van der Waals surface area contributed by atoms with Crippen molar-refractivity contribution in [3.05, 3.63) is 41.4 Å². The summed E-state index contributed by atoms with van der Waals surface area (Å²) in [4.78, 5) is 51.2. The number of rotatable bonds is 9. The molecule has 0 saturated carbocycles. The Bertz CT molecular complexity index is 1260. The molecule has 4 N–H and O–H groups in total. The molecule has 180 valence electrons. The second-order valence-electron chi connectivity index (χ2n) is 7.97. The number of H-pyrrole nitrogens is 1. The van der Waals surface area contributed by atoms with E-state index in [4.69, 9.17) is 21.4 Å². The van der Waals surface area contributed by atoms with Crippen molar-refractivity contribution in [1.29, 1.82) is 0 Å². The molecule has 0 unspecified atom stereocenters. The summed E-state index contributed by atoms with van der Waals surface area (Å²) in [6.45, 7) is 1.73. The number of halogens is 2. The van der Waals surface area contributed by atoms with E-state index in [2.05, 4.69) is 15.6 Å². The van der Waals surface area contributed by atoms with E-state index < -0.39 is 54.9 Å². The number of hydrogen-bond donors (Lipinski definition) is 4. The van der Waals surface area contributed by atoms with E-state index in [0.29, 0.717) is 5.52 Å². The molecule has 0 radical (unpaired) electrons. The van der Waals surface area contributed by atoms with Crippen molar-refractivity contribution in [1.82, 2.24) is 10.3 Å². The molecule has 3 rings (SSSR count). The summed E-state index contributed by atoms with van der Waals surface area (Å²) >= 11 is 6.31. The largest absolute Gasteiger partial charge is 0.481 e. The summed E-state index contributed by atoms with van der Waals surface area (Å²) < 4.78 is 18.1. The third kappa shape index (κ3) is 5.45. The van der Waals surface area contributed by atoms with Crippen LogP contribution in [0.3, 0.4) is 0 Å². The average Bonchev–Trinajstić information content (AvgIpc) is 3.16. The van der Waals surface area contributed by atoms with Crippen molar-refractivity contribution in [2.24, 2.45) is 5.92 Å². The highest BCUT2D eigenvalue weighted by atomic mass is 35.5. The molecule has 3 aromatic rings. The van der Waals surface area contributed by atoms with Crippen molar-refractivity contribution in [3.63, 3.8) is 0 Å². The zero-order valence-electron chi connectivity index (χ0n) is 18.4. The number of carbonyl (C=O) groups is 4. The second kappa shape index (κ2) is 10.5. The van der Waals surface area contributed by atoms with Gasteiger partial charge in [0.05, 0.1) is 22.6 Å². The number of hydrogen-bond acceptors (Lipinski definition) is 5. The summed E-state index contributed by atoms with van der Waals surface area (Å²) in [5.74, 6) is -3.96. The van der Waals surface area contributed by atoms with Crippen LogP contribution in [-0.2, 0) is 19.1 Å². The Kier molecular flexibility index (Phi) is 7.72. The number of ketones is 1. The third-order valence-electron chi connectivity index (χ3n) is 5.17. The molecule has 2 atom stereocenters. The number of fused-ring (bicyclic) bond motifs is 3. The number of benzene rings is 2. The number of anilines is 1. The van der Waals surface area contributed by atoms with Gasteiger partial charge in [-0.25, -0.2) is 9.18 Å². The van der Waals surface area contributed by atoms with Crippen molar-refractivity contribution in [3.8, 4) is 0 Å². The zero-order valence-corrected chi connectivity index (χ0v) is 19.1. The first-order valence-corrected chi connectivity index (χ1v) is 10.8. The van der Waals surface area contributed by atoms with Crippen LogP contribution in [-0.4, -0.2) is 52.7 Å². The predicted octanol–water partition coefficient (Wildman–Crippen LogP) is 4.05. The standard InChI is InChI=1S/C23H23ClFN3O6/c1-11(2)21(22(32)27-16(9-18(30)31)17(29)10-25)34-23(33)28-20-14(24)8-7-13-12-5-3-4-6-15(12)26-19(13)20/h3-8,11,16,21,26H,9-10H2,1-2H3,(H,27,32)(H,28,33)(H,30,31)/t16-,21-/m0/s1. The molecule has 1 heterocycles. The number of Topliss-reactive ketones (excluding diaryl/α,β-unsaturated/α-hetero) is 1. The monoisotopic (exact) mass is 491 g/mol. The highest BCUT2D eigenvalue weighted by Crippen LogP contribution is 2.35. The normalized spacial score (nSPS) is 13.0. The molecule has 11 heteroatoms. The molecule has 2 amide bonds. The molecular formula is C23H23ClFN3O6. The van der Waals surface area contributed by atoms with Gasteiger partial charge >= 0.3 is 12.1 Å². The van der Waals surface area contributed by atoms with Crippen molar-refractivity contribution in [2.45, 2.75) is 32.4 Å². The van der Waals surface area contributed by atoms with Crippen LogP contribution in [0.4, 0.5) is 14.9 Å². The molecule has 0 aliphatic rings. The van der Waals surface area contributed by atoms with Crippen molar-refractivity contribution in [2.75, 3.05) is 12.0 Å². The second-order valence-corrected chi connectivity index (χ2v) is 8.38. The quantitative estimate of drug-likeness (QED) is 0.356. The first kappa shape index (κ1) is 25.0. The summed E-state index contributed by atoms with van der Waals surface area (Å²) in [6, 6.07) is 9.36. The van der Waals surface area contributed by atoms with E-state index in [1.54, 1.807) is 19.9 Å². The Morgan fingerprint density at radius 3 is 2.47 bits per heavy atom. The molecule has 0 bridgehead atoms. The fourth-order valence-electron chi connectivity index (χ4n) is 3.52. The van der Waals surface area contributed by atoms with Crippen LogP contribution in [0.25, 0.3) is 21.8 Å². The minimum Gasteiger partial charge on any atom is -0.481 e. The Morgan fingerprint density at radius 1 is 1.12 bits per heavy atom. The number of carboxylic acids is 1. The number of aromatic amines is 1. The predicted molar refractivity (Wildman–Crippen MR) is 125 cm³/mol. The van der Waals surface area contributed by atoms with E-state index in [1.165, 1.54) is 0 Å². The number of nitrogens with one attached hydrogen (secondary N) is 3. The minimum atomic E-state index is -1.59. The van der Waals surface area contributed by atoms with Gasteiger partial charge in [0.25, 0.3) is 5.91 Å². The maximum absolute atomic E-state index is 12.8. The lowest BCUT2D eigenvalue weighted by Crippen LogP contribution is -2.49. The van der Waals surface area contributed by atoms with Crippen LogP contribution in [0, 0.1) is 5.92 Å². The number of aromatic nitrogens is 1. The van der Waals surface area contributed by atoms with Gasteiger partial charge in [0.1, 0.15) is 12.7 Å². The number of ether oxygens (including phenoxy) is 1. The van der Waals surface area contributed by atoms with Crippen molar-refractivity contribution >= 4 is 62.8 Å². The Balaban J connectivity index is 1.81. The van der Waals surface area contributed by atoms with Gasteiger partial charge in [0.2, 0.25) is 0 Å². The first-order valence-electron chi connectivity index (χ1n) is 10.4. The van der Waals surface area contributed by atoms with Gasteiger partial charge in [-0.15, -0.1) is 0 Å². The fraction of sp³-hybridized carbons (Fsp3) is 0.304. The van der Waals surface area contributed by atoms with Crippen LogP contribution in [0.5, 0.6) is 0 Å². The lowest BCUT2D eigenvalue weighted by atomic mass is 10.0.